The largest absolute Gasteiger partial charge is 0.389 e. The Balaban J connectivity index is 2.42. The van der Waals surface area contributed by atoms with Gasteiger partial charge in [-0.3, -0.25) is 0 Å². The average molecular weight is 234 g/mol. The zero-order chi connectivity index (χ0) is 11.4. The molecule has 0 aliphatic heterocycles. The van der Waals surface area contributed by atoms with E-state index in [4.69, 9.17) is 5.11 Å². The zero-order valence-corrected chi connectivity index (χ0v) is 9.92. The van der Waals surface area contributed by atoms with Crippen LogP contribution < -0.4 is 5.32 Å². The number of rotatable bonds is 4. The number of aliphatic hydroxyl groups is 1. The fourth-order valence-electron chi connectivity index (χ4n) is 1.57. The normalized spacial score (nSPS) is 10.6. The van der Waals surface area contributed by atoms with E-state index in [1.54, 1.807) is 11.3 Å². The van der Waals surface area contributed by atoms with E-state index in [0.29, 0.717) is 0 Å². The Hall–Kier alpha value is -1.23. The molecule has 2 rings (SSSR count). The van der Waals surface area contributed by atoms with Gasteiger partial charge in [0.2, 0.25) is 0 Å². The van der Waals surface area contributed by atoms with E-state index in [1.807, 2.05) is 25.2 Å². The molecule has 3 nitrogen and oxygen atoms in total. The molecular formula is C12H14N2OS. The summed E-state index contributed by atoms with van der Waals surface area (Å²) in [6.07, 6.45) is 0. The Morgan fingerprint density at radius 3 is 2.69 bits per heavy atom. The van der Waals surface area contributed by atoms with E-state index >= 15 is 0 Å². The number of thiazole rings is 1. The van der Waals surface area contributed by atoms with Crippen LogP contribution in [-0.2, 0) is 13.2 Å². The molecule has 0 atom stereocenters. The van der Waals surface area contributed by atoms with Crippen LogP contribution in [0.3, 0.4) is 0 Å². The van der Waals surface area contributed by atoms with Crippen molar-refractivity contribution in [2.45, 2.75) is 13.2 Å². The van der Waals surface area contributed by atoms with Crippen molar-refractivity contribution in [3.05, 3.63) is 41.0 Å². The molecule has 0 fully saturated rings. The number of hydrogen-bond donors (Lipinski definition) is 2. The van der Waals surface area contributed by atoms with E-state index in [1.165, 1.54) is 0 Å². The number of nitrogens with one attached hydrogen (secondary N) is 1. The molecule has 2 aromatic rings. The second-order valence-corrected chi connectivity index (χ2v) is 4.52. The van der Waals surface area contributed by atoms with Crippen LogP contribution in [0, 0.1) is 0 Å². The van der Waals surface area contributed by atoms with Gasteiger partial charge in [-0.2, -0.15) is 0 Å². The highest BCUT2D eigenvalue weighted by Crippen LogP contribution is 2.30. The number of aromatic nitrogens is 1. The first-order chi connectivity index (χ1) is 7.85. The highest BCUT2D eigenvalue weighted by atomic mass is 32.1. The monoisotopic (exact) mass is 234 g/mol. The molecule has 2 N–H and O–H groups in total. The molecule has 0 aliphatic carbocycles. The smallest absolute Gasteiger partial charge is 0.119 e. The van der Waals surface area contributed by atoms with Gasteiger partial charge in [0, 0.05) is 6.54 Å². The summed E-state index contributed by atoms with van der Waals surface area (Å²) in [6.45, 7) is 0.731. The van der Waals surface area contributed by atoms with Crippen LogP contribution in [0.15, 0.2) is 30.3 Å². The maximum absolute atomic E-state index is 9.12. The molecule has 1 aromatic carbocycles. The van der Waals surface area contributed by atoms with Gasteiger partial charge in [-0.1, -0.05) is 30.3 Å². The minimum Gasteiger partial charge on any atom is -0.389 e. The molecule has 1 heterocycles. The van der Waals surface area contributed by atoms with Crippen molar-refractivity contribution in [2.75, 3.05) is 7.05 Å². The number of benzene rings is 1. The van der Waals surface area contributed by atoms with E-state index in [0.717, 1.165) is 27.7 Å². The lowest BCUT2D eigenvalue weighted by Crippen LogP contribution is -2.06. The molecule has 0 bridgehead atoms. The van der Waals surface area contributed by atoms with Crippen molar-refractivity contribution in [3.8, 4) is 10.4 Å². The molecule has 0 amide bonds. The van der Waals surface area contributed by atoms with Crippen LogP contribution >= 0.6 is 11.3 Å². The minimum atomic E-state index is 0.00815. The third kappa shape index (κ3) is 2.29. The molecular weight excluding hydrogens is 220 g/mol. The fraction of sp³-hybridized carbons (Fsp3) is 0.250. The van der Waals surface area contributed by atoms with Crippen LogP contribution in [-0.4, -0.2) is 17.1 Å². The Labute approximate surface area is 98.8 Å². The standard InChI is InChI=1S/C12H14N2OS/c1-13-7-10-12(16-11(8-15)14-10)9-5-3-2-4-6-9/h2-6,13,15H,7-8H2,1H3. The van der Waals surface area contributed by atoms with Gasteiger partial charge in [0.05, 0.1) is 17.2 Å². The summed E-state index contributed by atoms with van der Waals surface area (Å²) in [7, 11) is 1.90. The van der Waals surface area contributed by atoms with E-state index < -0.39 is 0 Å². The number of nitrogens with zero attached hydrogens (tertiary/aromatic N) is 1. The molecule has 0 saturated heterocycles. The third-order valence-corrected chi connectivity index (χ3v) is 3.39. The Morgan fingerprint density at radius 2 is 2.06 bits per heavy atom. The lowest BCUT2D eigenvalue weighted by molar-refractivity contribution is 0.281. The molecule has 4 heteroatoms. The first kappa shape index (κ1) is 11.3. The van der Waals surface area contributed by atoms with Gasteiger partial charge in [0.25, 0.3) is 0 Å². The lowest BCUT2D eigenvalue weighted by atomic mass is 10.1. The van der Waals surface area contributed by atoms with Crippen molar-refractivity contribution in [1.82, 2.24) is 10.3 Å². The van der Waals surface area contributed by atoms with Crippen LogP contribution in [0.2, 0.25) is 0 Å². The lowest BCUT2D eigenvalue weighted by Gasteiger charge is -2.00. The summed E-state index contributed by atoms with van der Waals surface area (Å²) in [5.41, 5.74) is 2.16. The zero-order valence-electron chi connectivity index (χ0n) is 9.10. The van der Waals surface area contributed by atoms with Gasteiger partial charge in [0.1, 0.15) is 5.01 Å². The van der Waals surface area contributed by atoms with Gasteiger partial charge in [-0.05, 0) is 12.6 Å². The minimum absolute atomic E-state index is 0.00815. The summed E-state index contributed by atoms with van der Waals surface area (Å²) in [5.74, 6) is 0. The SMILES string of the molecule is CNCc1nc(CO)sc1-c1ccccc1. The molecule has 16 heavy (non-hydrogen) atoms. The summed E-state index contributed by atoms with van der Waals surface area (Å²) in [4.78, 5) is 5.54. The van der Waals surface area contributed by atoms with Gasteiger partial charge in [-0.15, -0.1) is 11.3 Å². The summed E-state index contributed by atoms with van der Waals surface area (Å²) >= 11 is 1.55. The Morgan fingerprint density at radius 1 is 1.31 bits per heavy atom. The molecule has 0 aliphatic rings. The van der Waals surface area contributed by atoms with Gasteiger partial charge in [-0.25, -0.2) is 4.98 Å². The molecule has 1 aromatic heterocycles. The predicted molar refractivity (Wildman–Crippen MR) is 66.2 cm³/mol. The molecule has 0 spiro atoms. The quantitative estimate of drug-likeness (QED) is 0.850. The first-order valence-electron chi connectivity index (χ1n) is 5.14. The van der Waals surface area contributed by atoms with Crippen LogP contribution in [0.25, 0.3) is 10.4 Å². The van der Waals surface area contributed by atoms with Crippen molar-refractivity contribution in [2.24, 2.45) is 0 Å². The topological polar surface area (TPSA) is 45.2 Å². The Bertz CT molecular complexity index is 453. The van der Waals surface area contributed by atoms with E-state index in [9.17, 15) is 0 Å². The maximum atomic E-state index is 9.12. The predicted octanol–water partition coefficient (Wildman–Crippen LogP) is 2.02. The second kappa shape index (κ2) is 5.21. The average Bonchev–Trinajstić information content (AvgIpc) is 2.74. The number of hydrogen-bond acceptors (Lipinski definition) is 4. The van der Waals surface area contributed by atoms with Gasteiger partial charge >= 0.3 is 0 Å². The molecule has 0 radical (unpaired) electrons. The second-order valence-electron chi connectivity index (χ2n) is 3.44. The summed E-state index contributed by atoms with van der Waals surface area (Å²) < 4.78 is 0. The highest BCUT2D eigenvalue weighted by Gasteiger charge is 2.11. The summed E-state index contributed by atoms with van der Waals surface area (Å²) in [5, 5.41) is 13.0. The maximum Gasteiger partial charge on any atom is 0.119 e. The van der Waals surface area contributed by atoms with Gasteiger partial charge < -0.3 is 10.4 Å². The van der Waals surface area contributed by atoms with Crippen molar-refractivity contribution in [3.63, 3.8) is 0 Å². The van der Waals surface area contributed by atoms with E-state index in [-0.39, 0.29) is 6.61 Å². The third-order valence-electron chi connectivity index (χ3n) is 2.26. The van der Waals surface area contributed by atoms with Crippen LogP contribution in [0.5, 0.6) is 0 Å². The van der Waals surface area contributed by atoms with Crippen molar-refractivity contribution < 1.29 is 5.11 Å². The number of aliphatic hydroxyl groups excluding tert-OH is 1. The van der Waals surface area contributed by atoms with Crippen LogP contribution in [0.1, 0.15) is 10.7 Å². The first-order valence-corrected chi connectivity index (χ1v) is 5.96. The van der Waals surface area contributed by atoms with Crippen LogP contribution in [0.4, 0.5) is 0 Å². The van der Waals surface area contributed by atoms with Crippen molar-refractivity contribution >= 4 is 11.3 Å². The van der Waals surface area contributed by atoms with E-state index in [2.05, 4.69) is 22.4 Å². The summed E-state index contributed by atoms with van der Waals surface area (Å²) in [6, 6.07) is 10.1. The fourth-order valence-corrected chi connectivity index (χ4v) is 2.52. The highest BCUT2D eigenvalue weighted by molar-refractivity contribution is 7.15. The molecule has 0 unspecified atom stereocenters. The Kier molecular flexibility index (Phi) is 3.66. The van der Waals surface area contributed by atoms with Crippen molar-refractivity contribution in [1.29, 1.82) is 0 Å². The van der Waals surface area contributed by atoms with Gasteiger partial charge in [0.15, 0.2) is 0 Å². The molecule has 84 valence electrons. The molecule has 0 saturated carbocycles.